The van der Waals surface area contributed by atoms with Crippen LogP contribution in [0.2, 0.25) is 0 Å². The van der Waals surface area contributed by atoms with Gasteiger partial charge in [-0.3, -0.25) is 0 Å². The summed E-state index contributed by atoms with van der Waals surface area (Å²) in [7, 11) is 0. The fourth-order valence-electron chi connectivity index (χ4n) is 1.98. The summed E-state index contributed by atoms with van der Waals surface area (Å²) in [5.74, 6) is 0. The molecule has 1 aliphatic heterocycles. The first-order valence-electron chi connectivity index (χ1n) is 6.02. The quantitative estimate of drug-likeness (QED) is 0.682. The number of hydrogen-bond donors (Lipinski definition) is 0. The molecule has 0 unspecified atom stereocenters. The maximum Gasteiger partial charge on any atom is 0.0110 e. The van der Waals surface area contributed by atoms with E-state index in [2.05, 4.69) is 37.5 Å². The first-order valence-corrected chi connectivity index (χ1v) is 6.02. The SMILES string of the molecule is CCN1CCN(CC(C)(C)CC)CC1. The number of rotatable bonds is 4. The van der Waals surface area contributed by atoms with E-state index >= 15 is 0 Å². The zero-order chi connectivity index (χ0) is 10.6. The average molecular weight is 198 g/mol. The maximum atomic E-state index is 2.62. The summed E-state index contributed by atoms with van der Waals surface area (Å²) in [5.41, 5.74) is 0.494. The minimum atomic E-state index is 0.494. The van der Waals surface area contributed by atoms with E-state index in [0.717, 1.165) is 0 Å². The standard InChI is InChI=1S/C12H26N2/c1-5-12(3,4)11-14-9-7-13(6-2)8-10-14/h5-11H2,1-4H3. The van der Waals surface area contributed by atoms with Crippen molar-refractivity contribution in [3.05, 3.63) is 0 Å². The molecular weight excluding hydrogens is 172 g/mol. The largest absolute Gasteiger partial charge is 0.301 e. The summed E-state index contributed by atoms with van der Waals surface area (Å²) in [4.78, 5) is 5.16. The topological polar surface area (TPSA) is 6.48 Å². The van der Waals surface area contributed by atoms with E-state index in [1.165, 1.54) is 45.7 Å². The lowest BCUT2D eigenvalue weighted by Crippen LogP contribution is -2.48. The number of likely N-dealkylation sites (N-methyl/N-ethyl adjacent to an activating group) is 1. The Labute approximate surface area is 89.3 Å². The van der Waals surface area contributed by atoms with Gasteiger partial charge >= 0.3 is 0 Å². The Balaban J connectivity index is 2.28. The predicted octanol–water partition coefficient (Wildman–Crippen LogP) is 2.06. The minimum absolute atomic E-state index is 0.494. The molecule has 0 bridgehead atoms. The van der Waals surface area contributed by atoms with E-state index in [1.54, 1.807) is 0 Å². The smallest absolute Gasteiger partial charge is 0.0110 e. The van der Waals surface area contributed by atoms with Gasteiger partial charge in [-0.15, -0.1) is 0 Å². The van der Waals surface area contributed by atoms with Gasteiger partial charge in [-0.2, -0.15) is 0 Å². The van der Waals surface area contributed by atoms with Crippen LogP contribution >= 0.6 is 0 Å². The Morgan fingerprint density at radius 3 is 1.86 bits per heavy atom. The molecule has 0 aliphatic carbocycles. The fourth-order valence-corrected chi connectivity index (χ4v) is 1.98. The molecule has 0 atom stereocenters. The van der Waals surface area contributed by atoms with Crippen LogP contribution in [0.5, 0.6) is 0 Å². The van der Waals surface area contributed by atoms with Gasteiger partial charge in [0.1, 0.15) is 0 Å². The molecule has 0 N–H and O–H groups in total. The third kappa shape index (κ3) is 3.58. The van der Waals surface area contributed by atoms with Crippen molar-refractivity contribution in [3.63, 3.8) is 0 Å². The molecule has 1 aliphatic rings. The Morgan fingerprint density at radius 1 is 0.929 bits per heavy atom. The second kappa shape index (κ2) is 5.13. The van der Waals surface area contributed by atoms with E-state index in [-0.39, 0.29) is 0 Å². The highest BCUT2D eigenvalue weighted by molar-refractivity contribution is 4.77. The van der Waals surface area contributed by atoms with E-state index in [0.29, 0.717) is 5.41 Å². The molecule has 2 nitrogen and oxygen atoms in total. The van der Waals surface area contributed by atoms with Gasteiger partial charge in [0.05, 0.1) is 0 Å². The lowest BCUT2D eigenvalue weighted by Gasteiger charge is -2.38. The van der Waals surface area contributed by atoms with Gasteiger partial charge in [0.25, 0.3) is 0 Å². The molecule has 14 heavy (non-hydrogen) atoms. The first-order chi connectivity index (χ1) is 6.57. The summed E-state index contributed by atoms with van der Waals surface area (Å²) in [6, 6.07) is 0. The van der Waals surface area contributed by atoms with Gasteiger partial charge in [-0.05, 0) is 18.4 Å². The molecule has 1 rings (SSSR count). The second-order valence-corrected chi connectivity index (χ2v) is 5.23. The molecule has 0 aromatic carbocycles. The summed E-state index contributed by atoms with van der Waals surface area (Å²) < 4.78 is 0. The molecule has 0 saturated carbocycles. The highest BCUT2D eigenvalue weighted by Gasteiger charge is 2.22. The Bertz CT molecular complexity index is 158. The number of piperazine rings is 1. The van der Waals surface area contributed by atoms with Gasteiger partial charge in [-0.25, -0.2) is 0 Å². The van der Waals surface area contributed by atoms with Crippen molar-refractivity contribution in [2.24, 2.45) is 5.41 Å². The third-order valence-electron chi connectivity index (χ3n) is 3.52. The minimum Gasteiger partial charge on any atom is -0.301 e. The van der Waals surface area contributed by atoms with Crippen molar-refractivity contribution in [2.45, 2.75) is 34.1 Å². The lowest BCUT2D eigenvalue weighted by atomic mass is 9.89. The van der Waals surface area contributed by atoms with Gasteiger partial charge in [-0.1, -0.05) is 27.7 Å². The highest BCUT2D eigenvalue weighted by atomic mass is 15.3. The lowest BCUT2D eigenvalue weighted by molar-refractivity contribution is 0.0984. The molecule has 0 aromatic rings. The van der Waals surface area contributed by atoms with Crippen LogP contribution in [0.25, 0.3) is 0 Å². The summed E-state index contributed by atoms with van der Waals surface area (Å²) in [6.45, 7) is 16.8. The van der Waals surface area contributed by atoms with Crippen LogP contribution in [0.15, 0.2) is 0 Å². The van der Waals surface area contributed by atoms with Crippen LogP contribution in [0.1, 0.15) is 34.1 Å². The molecule has 1 heterocycles. The van der Waals surface area contributed by atoms with Gasteiger partial charge < -0.3 is 9.80 Å². The van der Waals surface area contributed by atoms with Gasteiger partial charge in [0.15, 0.2) is 0 Å². The predicted molar refractivity (Wildman–Crippen MR) is 62.6 cm³/mol. The van der Waals surface area contributed by atoms with Crippen molar-refractivity contribution in [2.75, 3.05) is 39.3 Å². The zero-order valence-corrected chi connectivity index (χ0v) is 10.3. The molecule has 1 saturated heterocycles. The molecule has 1 fully saturated rings. The zero-order valence-electron chi connectivity index (χ0n) is 10.3. The molecule has 0 spiro atoms. The van der Waals surface area contributed by atoms with E-state index in [4.69, 9.17) is 0 Å². The van der Waals surface area contributed by atoms with Crippen LogP contribution in [0.4, 0.5) is 0 Å². The van der Waals surface area contributed by atoms with Crippen LogP contribution in [0, 0.1) is 5.41 Å². The van der Waals surface area contributed by atoms with Crippen molar-refractivity contribution in [1.82, 2.24) is 9.80 Å². The van der Waals surface area contributed by atoms with Crippen LogP contribution < -0.4 is 0 Å². The van der Waals surface area contributed by atoms with Crippen LogP contribution in [0.3, 0.4) is 0 Å². The summed E-state index contributed by atoms with van der Waals surface area (Å²) in [5, 5.41) is 0. The molecular formula is C12H26N2. The van der Waals surface area contributed by atoms with Gasteiger partial charge in [0, 0.05) is 32.7 Å². The van der Waals surface area contributed by atoms with E-state index in [1.807, 2.05) is 0 Å². The first kappa shape index (κ1) is 12.0. The van der Waals surface area contributed by atoms with Crippen molar-refractivity contribution in [1.29, 1.82) is 0 Å². The molecule has 2 heteroatoms. The Hall–Kier alpha value is -0.0800. The number of hydrogen-bond acceptors (Lipinski definition) is 2. The van der Waals surface area contributed by atoms with Crippen molar-refractivity contribution in [3.8, 4) is 0 Å². The van der Waals surface area contributed by atoms with Crippen LogP contribution in [-0.4, -0.2) is 49.1 Å². The fraction of sp³-hybridized carbons (Fsp3) is 1.00. The van der Waals surface area contributed by atoms with Crippen molar-refractivity contribution >= 4 is 0 Å². The molecule has 0 amide bonds. The second-order valence-electron chi connectivity index (χ2n) is 5.23. The third-order valence-corrected chi connectivity index (χ3v) is 3.52. The molecule has 84 valence electrons. The highest BCUT2D eigenvalue weighted by Crippen LogP contribution is 2.21. The van der Waals surface area contributed by atoms with E-state index < -0.39 is 0 Å². The Kier molecular flexibility index (Phi) is 4.39. The molecule has 0 aromatic heterocycles. The number of nitrogens with zero attached hydrogens (tertiary/aromatic N) is 2. The summed E-state index contributed by atoms with van der Waals surface area (Å²) in [6.07, 6.45) is 1.28. The van der Waals surface area contributed by atoms with E-state index in [9.17, 15) is 0 Å². The van der Waals surface area contributed by atoms with Gasteiger partial charge in [0.2, 0.25) is 0 Å². The molecule has 0 radical (unpaired) electrons. The normalized spacial score (nSPS) is 21.4. The van der Waals surface area contributed by atoms with Crippen LogP contribution in [-0.2, 0) is 0 Å². The van der Waals surface area contributed by atoms with Crippen molar-refractivity contribution < 1.29 is 0 Å². The Morgan fingerprint density at radius 2 is 1.43 bits per heavy atom. The maximum absolute atomic E-state index is 2.62. The summed E-state index contributed by atoms with van der Waals surface area (Å²) >= 11 is 0. The average Bonchev–Trinajstić information content (AvgIpc) is 2.19. The monoisotopic (exact) mass is 198 g/mol.